The average molecular weight is 389 g/mol. The third-order valence-electron chi connectivity index (χ3n) is 4.79. The van der Waals surface area contributed by atoms with E-state index in [1.54, 1.807) is 30.5 Å². The van der Waals surface area contributed by atoms with Crippen LogP contribution in [0, 0.1) is 0 Å². The van der Waals surface area contributed by atoms with Crippen LogP contribution in [-0.4, -0.2) is 45.6 Å². The number of rotatable bonds is 4. The first-order chi connectivity index (χ1) is 13.4. The summed E-state index contributed by atoms with van der Waals surface area (Å²) >= 11 is 0. The van der Waals surface area contributed by atoms with Crippen LogP contribution in [-0.2, 0) is 11.0 Å². The van der Waals surface area contributed by atoms with Gasteiger partial charge >= 0.3 is 6.18 Å². The number of pyridine rings is 1. The Bertz CT molecular complexity index is 1010. The Morgan fingerprint density at radius 1 is 1.14 bits per heavy atom. The number of carbonyl (C=O) groups is 1. The Morgan fingerprint density at radius 3 is 2.68 bits per heavy atom. The summed E-state index contributed by atoms with van der Waals surface area (Å²) in [6.07, 6.45) is 0.415. The molecule has 1 aliphatic heterocycles. The van der Waals surface area contributed by atoms with Crippen molar-refractivity contribution in [1.29, 1.82) is 0 Å². The number of nitrogens with one attached hydrogen (secondary N) is 2. The molecule has 0 bridgehead atoms. The number of aromatic amines is 1. The van der Waals surface area contributed by atoms with Gasteiger partial charge in [0, 0.05) is 17.1 Å². The Hall–Kier alpha value is -2.94. The minimum atomic E-state index is -4.52. The highest BCUT2D eigenvalue weighted by Crippen LogP contribution is 2.36. The molecule has 0 aliphatic carbocycles. The molecule has 28 heavy (non-hydrogen) atoms. The number of hydrogen-bond acceptors (Lipinski definition) is 4. The van der Waals surface area contributed by atoms with Crippen molar-refractivity contribution in [2.75, 3.05) is 25.0 Å². The molecule has 1 aromatic carbocycles. The van der Waals surface area contributed by atoms with Crippen LogP contribution >= 0.6 is 0 Å². The van der Waals surface area contributed by atoms with Crippen molar-refractivity contribution in [2.24, 2.45) is 0 Å². The second-order valence-electron chi connectivity index (χ2n) is 6.82. The normalized spacial score (nSPS) is 15.2. The molecule has 2 aromatic heterocycles. The molecule has 6 nitrogen and oxygen atoms in total. The molecule has 146 valence electrons. The van der Waals surface area contributed by atoms with Crippen LogP contribution < -0.4 is 5.32 Å². The van der Waals surface area contributed by atoms with E-state index < -0.39 is 11.9 Å². The quantitative estimate of drug-likeness (QED) is 0.714. The SMILES string of the molecule is O=C(CN1CCCC1)Nc1cc2cc(-c3cn[nH]c3C(F)(F)F)ccc2cn1. The lowest BCUT2D eigenvalue weighted by Gasteiger charge is -2.14. The van der Waals surface area contributed by atoms with Gasteiger partial charge < -0.3 is 5.32 Å². The van der Waals surface area contributed by atoms with Crippen molar-refractivity contribution in [3.8, 4) is 11.1 Å². The largest absolute Gasteiger partial charge is 0.433 e. The molecule has 0 unspecified atom stereocenters. The first-order valence-corrected chi connectivity index (χ1v) is 8.93. The summed E-state index contributed by atoms with van der Waals surface area (Å²) in [6.45, 7) is 2.13. The van der Waals surface area contributed by atoms with E-state index in [1.165, 1.54) is 0 Å². The van der Waals surface area contributed by atoms with Crippen LogP contribution in [0.5, 0.6) is 0 Å². The molecule has 1 amide bonds. The number of fused-ring (bicyclic) bond motifs is 1. The minimum Gasteiger partial charge on any atom is -0.310 e. The molecule has 3 heterocycles. The van der Waals surface area contributed by atoms with Gasteiger partial charge in [0.05, 0.1) is 12.7 Å². The zero-order valence-electron chi connectivity index (χ0n) is 14.9. The highest BCUT2D eigenvalue weighted by molar-refractivity contribution is 5.95. The van der Waals surface area contributed by atoms with Crippen molar-refractivity contribution in [2.45, 2.75) is 19.0 Å². The predicted octanol–water partition coefficient (Wildman–Crippen LogP) is 3.68. The first kappa shape index (κ1) is 18.4. The standard InChI is InChI=1S/C19H18F3N5O/c20-19(21,22)18-15(10-24-26-18)12-3-4-13-9-23-16(8-14(13)7-12)25-17(28)11-27-5-1-2-6-27/h3-4,7-10H,1-2,5-6,11H2,(H,24,26)(H,23,25,28). The summed E-state index contributed by atoms with van der Waals surface area (Å²) in [5.74, 6) is 0.219. The van der Waals surface area contributed by atoms with Crippen molar-refractivity contribution in [3.05, 3.63) is 42.4 Å². The Balaban J connectivity index is 1.59. The molecule has 2 N–H and O–H groups in total. The van der Waals surface area contributed by atoms with Gasteiger partial charge in [-0.05, 0) is 49.0 Å². The molecule has 4 rings (SSSR count). The van der Waals surface area contributed by atoms with Gasteiger partial charge in [0.25, 0.3) is 0 Å². The van der Waals surface area contributed by atoms with Gasteiger partial charge in [0.1, 0.15) is 11.5 Å². The number of nitrogens with zero attached hydrogens (tertiary/aromatic N) is 3. The summed E-state index contributed by atoms with van der Waals surface area (Å²) in [5.41, 5.74) is -0.528. The van der Waals surface area contributed by atoms with Gasteiger partial charge in [-0.3, -0.25) is 14.8 Å². The summed E-state index contributed by atoms with van der Waals surface area (Å²) in [4.78, 5) is 18.5. The monoisotopic (exact) mass is 389 g/mol. The smallest absolute Gasteiger partial charge is 0.310 e. The topological polar surface area (TPSA) is 73.9 Å². The highest BCUT2D eigenvalue weighted by atomic mass is 19.4. The number of benzene rings is 1. The zero-order chi connectivity index (χ0) is 19.7. The van der Waals surface area contributed by atoms with E-state index in [2.05, 4.69) is 20.3 Å². The van der Waals surface area contributed by atoms with Crippen LogP contribution in [0.2, 0.25) is 0 Å². The van der Waals surface area contributed by atoms with E-state index in [1.807, 2.05) is 5.10 Å². The molecule has 0 saturated carbocycles. The van der Waals surface area contributed by atoms with Gasteiger partial charge in [-0.15, -0.1) is 0 Å². The van der Waals surface area contributed by atoms with Crippen molar-refractivity contribution in [1.82, 2.24) is 20.1 Å². The van der Waals surface area contributed by atoms with Crippen molar-refractivity contribution in [3.63, 3.8) is 0 Å². The van der Waals surface area contributed by atoms with E-state index in [0.29, 0.717) is 23.3 Å². The lowest BCUT2D eigenvalue weighted by Crippen LogP contribution is -2.31. The van der Waals surface area contributed by atoms with Gasteiger partial charge in [-0.25, -0.2) is 4.98 Å². The highest BCUT2D eigenvalue weighted by Gasteiger charge is 2.35. The Morgan fingerprint density at radius 2 is 1.93 bits per heavy atom. The maximum atomic E-state index is 13.1. The summed E-state index contributed by atoms with van der Waals surface area (Å²) < 4.78 is 39.4. The lowest BCUT2D eigenvalue weighted by molar-refractivity contribution is -0.140. The van der Waals surface area contributed by atoms with Crippen molar-refractivity contribution >= 4 is 22.5 Å². The maximum absolute atomic E-state index is 13.1. The second kappa shape index (κ2) is 7.23. The molecular weight excluding hydrogens is 371 g/mol. The molecule has 1 aliphatic rings. The fourth-order valence-electron chi connectivity index (χ4n) is 3.42. The zero-order valence-corrected chi connectivity index (χ0v) is 14.9. The number of alkyl halides is 3. The molecule has 1 saturated heterocycles. The lowest BCUT2D eigenvalue weighted by atomic mass is 10.0. The van der Waals surface area contributed by atoms with Gasteiger partial charge in [-0.2, -0.15) is 18.3 Å². The van der Waals surface area contributed by atoms with Crippen LogP contribution in [0.15, 0.2) is 36.7 Å². The van der Waals surface area contributed by atoms with E-state index in [9.17, 15) is 18.0 Å². The molecule has 9 heteroatoms. The van der Waals surface area contributed by atoms with Gasteiger partial charge in [0.2, 0.25) is 5.91 Å². The number of hydrogen-bond donors (Lipinski definition) is 2. The third kappa shape index (κ3) is 3.84. The Labute approximate surface area is 158 Å². The van der Waals surface area contributed by atoms with Crippen molar-refractivity contribution < 1.29 is 18.0 Å². The Kier molecular flexibility index (Phi) is 4.76. The van der Waals surface area contributed by atoms with E-state index in [0.717, 1.165) is 37.5 Å². The van der Waals surface area contributed by atoms with E-state index in [-0.39, 0.29) is 11.5 Å². The number of anilines is 1. The molecule has 3 aromatic rings. The fraction of sp³-hybridized carbons (Fsp3) is 0.316. The number of aromatic nitrogens is 3. The minimum absolute atomic E-state index is 0.0224. The average Bonchev–Trinajstić information content (AvgIpc) is 3.32. The summed E-state index contributed by atoms with van der Waals surface area (Å²) in [7, 11) is 0. The molecule has 0 spiro atoms. The molecule has 0 atom stereocenters. The van der Waals surface area contributed by atoms with Crippen LogP contribution in [0.1, 0.15) is 18.5 Å². The van der Waals surface area contributed by atoms with E-state index in [4.69, 9.17) is 0 Å². The number of carbonyl (C=O) groups excluding carboxylic acids is 1. The van der Waals surface area contributed by atoms with Gasteiger partial charge in [-0.1, -0.05) is 12.1 Å². The number of likely N-dealkylation sites (tertiary alicyclic amines) is 1. The van der Waals surface area contributed by atoms with E-state index >= 15 is 0 Å². The van der Waals surface area contributed by atoms with Gasteiger partial charge in [0.15, 0.2) is 0 Å². The number of halogens is 3. The number of H-pyrrole nitrogens is 1. The molecular formula is C19H18F3N5O. The van der Waals surface area contributed by atoms with Crippen LogP contribution in [0.25, 0.3) is 21.9 Å². The summed E-state index contributed by atoms with van der Waals surface area (Å²) in [6, 6.07) is 6.58. The second-order valence-corrected chi connectivity index (χ2v) is 6.82. The predicted molar refractivity (Wildman–Crippen MR) is 98.6 cm³/mol. The van der Waals surface area contributed by atoms with Crippen LogP contribution in [0.3, 0.4) is 0 Å². The maximum Gasteiger partial charge on any atom is 0.433 e. The molecule has 0 radical (unpaired) electrons. The molecule has 1 fully saturated rings. The van der Waals surface area contributed by atoms with Crippen LogP contribution in [0.4, 0.5) is 19.0 Å². The summed E-state index contributed by atoms with van der Waals surface area (Å²) in [5, 5.41) is 9.75. The first-order valence-electron chi connectivity index (χ1n) is 8.93. The fourth-order valence-corrected chi connectivity index (χ4v) is 3.42. The third-order valence-corrected chi connectivity index (χ3v) is 4.79. The number of amides is 1.